The third-order valence-corrected chi connectivity index (χ3v) is 1.54. The molecule has 0 aliphatic rings. The topological polar surface area (TPSA) is 51.9 Å². The molecule has 2 aromatic heterocycles. The van der Waals surface area contributed by atoms with Crippen LogP contribution in [0.2, 0.25) is 0 Å². The SMILES string of the molecule is CNc1ncnc2[n-]ccc12.[K+]. The van der Waals surface area contributed by atoms with Crippen molar-refractivity contribution >= 4 is 16.9 Å². The summed E-state index contributed by atoms with van der Waals surface area (Å²) in [5.74, 6) is 0.826. The van der Waals surface area contributed by atoms with Gasteiger partial charge in [0, 0.05) is 18.8 Å². The molecule has 0 saturated heterocycles. The quantitative estimate of drug-likeness (QED) is 0.506. The molecule has 0 fully saturated rings. The Bertz CT molecular complexity index is 370. The Kier molecular flexibility index (Phi) is 3.66. The van der Waals surface area contributed by atoms with E-state index in [0.29, 0.717) is 0 Å². The summed E-state index contributed by atoms with van der Waals surface area (Å²) in [5.41, 5.74) is 0.740. The summed E-state index contributed by atoms with van der Waals surface area (Å²) in [6, 6.07) is 1.89. The zero-order valence-electron chi connectivity index (χ0n) is 7.07. The molecule has 2 aromatic rings. The van der Waals surface area contributed by atoms with Crippen molar-refractivity contribution in [3.63, 3.8) is 0 Å². The number of hydrogen-bond acceptors (Lipinski definition) is 3. The average Bonchev–Trinajstić information content (AvgIpc) is 2.50. The van der Waals surface area contributed by atoms with E-state index in [2.05, 4.69) is 20.3 Å². The Hall–Kier alpha value is 0.0564. The molecule has 2 heterocycles. The fraction of sp³-hybridized carbons (Fsp3) is 0.143. The number of aromatic nitrogens is 3. The van der Waals surface area contributed by atoms with Gasteiger partial charge in [-0.3, -0.25) is 0 Å². The van der Waals surface area contributed by atoms with Crippen molar-refractivity contribution in [3.05, 3.63) is 18.6 Å². The van der Waals surface area contributed by atoms with Crippen LogP contribution in [0.25, 0.3) is 11.0 Å². The summed E-state index contributed by atoms with van der Waals surface area (Å²) in [6.45, 7) is 0. The minimum Gasteiger partial charge on any atom is -0.442 e. The number of fused-ring (bicyclic) bond motifs is 1. The van der Waals surface area contributed by atoms with Gasteiger partial charge < -0.3 is 15.3 Å². The predicted octanol–water partition coefficient (Wildman–Crippen LogP) is -2.37. The minimum atomic E-state index is 0. The number of hydrogen-bond donors (Lipinski definition) is 1. The second-order valence-corrected chi connectivity index (χ2v) is 2.15. The molecule has 2 rings (SSSR count). The molecule has 0 aromatic carbocycles. The zero-order valence-corrected chi connectivity index (χ0v) is 10.2. The number of nitrogens with one attached hydrogen (secondary N) is 1. The Balaban J connectivity index is 0.000000720. The average molecular weight is 186 g/mol. The molecule has 56 valence electrons. The first-order chi connectivity index (χ1) is 5.42. The number of nitrogens with zero attached hydrogens (tertiary/aromatic N) is 3. The van der Waals surface area contributed by atoms with Crippen LogP contribution in [0.1, 0.15) is 0 Å². The van der Waals surface area contributed by atoms with Crippen LogP contribution in [-0.4, -0.2) is 17.0 Å². The normalized spacial score (nSPS) is 9.42. The van der Waals surface area contributed by atoms with Crippen LogP contribution in [0, 0.1) is 0 Å². The van der Waals surface area contributed by atoms with E-state index in [-0.39, 0.29) is 51.4 Å². The van der Waals surface area contributed by atoms with Crippen molar-refractivity contribution in [2.45, 2.75) is 0 Å². The molecule has 0 saturated carbocycles. The molecule has 5 heteroatoms. The van der Waals surface area contributed by atoms with Crippen LogP contribution < -0.4 is 61.7 Å². The van der Waals surface area contributed by atoms with Gasteiger partial charge in [0.1, 0.15) is 5.82 Å². The molecule has 4 nitrogen and oxygen atoms in total. The van der Waals surface area contributed by atoms with Gasteiger partial charge in [-0.1, -0.05) is 12.3 Å². The largest absolute Gasteiger partial charge is 1.00 e. The fourth-order valence-electron chi connectivity index (χ4n) is 1.02. The molecular weight excluding hydrogens is 179 g/mol. The molecular formula is C7H7KN4. The second kappa shape index (κ2) is 4.34. The van der Waals surface area contributed by atoms with E-state index in [1.165, 1.54) is 6.33 Å². The maximum atomic E-state index is 4.04. The van der Waals surface area contributed by atoms with Crippen molar-refractivity contribution < 1.29 is 51.4 Å². The summed E-state index contributed by atoms with van der Waals surface area (Å²) in [4.78, 5) is 12.1. The van der Waals surface area contributed by atoms with E-state index in [9.17, 15) is 0 Å². The van der Waals surface area contributed by atoms with Crippen LogP contribution in [-0.2, 0) is 0 Å². The van der Waals surface area contributed by atoms with E-state index < -0.39 is 0 Å². The van der Waals surface area contributed by atoms with Gasteiger partial charge in [-0.15, -0.1) is 0 Å². The van der Waals surface area contributed by atoms with Gasteiger partial charge in [-0.2, -0.15) is 0 Å². The number of rotatable bonds is 1. The van der Waals surface area contributed by atoms with Crippen molar-refractivity contribution in [2.24, 2.45) is 0 Å². The summed E-state index contributed by atoms with van der Waals surface area (Å²) in [6.07, 6.45) is 3.22. The van der Waals surface area contributed by atoms with Crippen molar-refractivity contribution in [1.82, 2.24) is 15.0 Å². The second-order valence-electron chi connectivity index (χ2n) is 2.15. The van der Waals surface area contributed by atoms with Gasteiger partial charge in [0.05, 0.1) is 0 Å². The van der Waals surface area contributed by atoms with Crippen LogP contribution >= 0.6 is 0 Å². The summed E-state index contributed by atoms with van der Waals surface area (Å²) in [7, 11) is 1.83. The van der Waals surface area contributed by atoms with E-state index in [4.69, 9.17) is 0 Å². The molecule has 0 unspecified atom stereocenters. The third-order valence-electron chi connectivity index (χ3n) is 1.54. The Labute approximate surface area is 113 Å². The van der Waals surface area contributed by atoms with Crippen molar-refractivity contribution in [3.8, 4) is 0 Å². The Morgan fingerprint density at radius 1 is 1.42 bits per heavy atom. The van der Waals surface area contributed by atoms with Crippen molar-refractivity contribution in [1.29, 1.82) is 0 Å². The first-order valence-electron chi connectivity index (χ1n) is 3.32. The Morgan fingerprint density at radius 2 is 2.25 bits per heavy atom. The number of anilines is 1. The van der Waals surface area contributed by atoms with Gasteiger partial charge in [0.25, 0.3) is 0 Å². The summed E-state index contributed by atoms with van der Waals surface area (Å²) < 4.78 is 0. The molecule has 0 aliphatic heterocycles. The first-order valence-corrected chi connectivity index (χ1v) is 3.32. The van der Waals surface area contributed by atoms with Gasteiger partial charge >= 0.3 is 51.4 Å². The van der Waals surface area contributed by atoms with Crippen molar-refractivity contribution in [2.75, 3.05) is 12.4 Å². The smallest absolute Gasteiger partial charge is 0.442 e. The van der Waals surface area contributed by atoms with E-state index >= 15 is 0 Å². The predicted molar refractivity (Wildman–Crippen MR) is 42.4 cm³/mol. The van der Waals surface area contributed by atoms with E-state index in [1.807, 2.05) is 13.1 Å². The zero-order chi connectivity index (χ0) is 7.68. The monoisotopic (exact) mass is 186 g/mol. The van der Waals surface area contributed by atoms with Gasteiger partial charge in [-0.25, -0.2) is 4.98 Å². The molecule has 0 radical (unpaired) electrons. The van der Waals surface area contributed by atoms with Crippen LogP contribution in [0.5, 0.6) is 0 Å². The van der Waals surface area contributed by atoms with E-state index in [0.717, 1.165) is 16.9 Å². The molecule has 0 spiro atoms. The maximum Gasteiger partial charge on any atom is 1.00 e. The molecule has 0 aliphatic carbocycles. The van der Waals surface area contributed by atoms with Crippen LogP contribution in [0.4, 0.5) is 5.82 Å². The molecule has 1 N–H and O–H groups in total. The van der Waals surface area contributed by atoms with Gasteiger partial charge in [0.15, 0.2) is 0 Å². The minimum absolute atomic E-state index is 0. The molecule has 0 bridgehead atoms. The standard InChI is InChI=1S/C7H7N4.K/c1-8-6-5-2-3-9-7(5)11-4-10-6;/h2-4H,1H3,(H-,8,9,10,11);/q-1;+1. The van der Waals surface area contributed by atoms with Crippen LogP contribution in [0.3, 0.4) is 0 Å². The third kappa shape index (κ3) is 1.70. The summed E-state index contributed by atoms with van der Waals surface area (Å²) >= 11 is 0. The molecule has 0 amide bonds. The first kappa shape index (κ1) is 10.1. The molecule has 0 atom stereocenters. The maximum absolute atomic E-state index is 4.04. The summed E-state index contributed by atoms with van der Waals surface area (Å²) in [5, 5.41) is 3.93. The van der Waals surface area contributed by atoms with Crippen LogP contribution in [0.15, 0.2) is 18.6 Å². The Morgan fingerprint density at radius 3 is 3.00 bits per heavy atom. The van der Waals surface area contributed by atoms with Gasteiger partial charge in [-0.05, 0) is 5.65 Å². The fourth-order valence-corrected chi connectivity index (χ4v) is 1.02. The van der Waals surface area contributed by atoms with Gasteiger partial charge in [0.2, 0.25) is 0 Å². The molecule has 12 heavy (non-hydrogen) atoms. The van der Waals surface area contributed by atoms with E-state index in [1.54, 1.807) is 6.20 Å².